The lowest BCUT2D eigenvalue weighted by Gasteiger charge is -2.37. The molecule has 1 saturated heterocycles. The first-order valence-corrected chi connectivity index (χ1v) is 9.05. The van der Waals surface area contributed by atoms with Crippen LogP contribution in [0.3, 0.4) is 0 Å². The number of nitrogens with zero attached hydrogens (tertiary/aromatic N) is 1. The van der Waals surface area contributed by atoms with Gasteiger partial charge in [0.15, 0.2) is 5.78 Å². The van der Waals surface area contributed by atoms with Crippen molar-refractivity contribution in [3.8, 4) is 5.75 Å². The summed E-state index contributed by atoms with van der Waals surface area (Å²) in [6.07, 6.45) is 0.00254. The van der Waals surface area contributed by atoms with Crippen LogP contribution in [0.15, 0.2) is 65.7 Å². The smallest absolute Gasteiger partial charge is 0.349 e. The van der Waals surface area contributed by atoms with Crippen LogP contribution < -0.4 is 15.8 Å². The first kappa shape index (κ1) is 20.2. The number of ether oxygens (including phenoxy) is 2. The van der Waals surface area contributed by atoms with Crippen LogP contribution in [0.2, 0.25) is 0 Å². The highest BCUT2D eigenvalue weighted by Crippen LogP contribution is 2.20. The molecule has 2 aromatic rings. The Balaban J connectivity index is 1.48. The van der Waals surface area contributed by atoms with Gasteiger partial charge in [-0.25, -0.2) is 4.79 Å². The molecule has 1 fully saturated rings. The quantitative estimate of drug-likeness (QED) is 0.281. The number of carbonyl (C=O) groups is 3. The molecule has 8 heteroatoms. The van der Waals surface area contributed by atoms with Gasteiger partial charge in [-0.1, -0.05) is 48.5 Å². The fraction of sp³-hybridized carbons (Fsp3) is 0.238. The number of rotatable bonds is 9. The molecular formula is C21H21N3O5. The second-order valence-electron chi connectivity index (χ2n) is 6.44. The molecule has 3 atom stereocenters. The molecule has 1 heterocycles. The first-order chi connectivity index (χ1) is 14.0. The van der Waals surface area contributed by atoms with Gasteiger partial charge in [0.2, 0.25) is 5.91 Å². The van der Waals surface area contributed by atoms with Crippen molar-refractivity contribution < 1.29 is 23.9 Å². The Hall–Kier alpha value is -3.52. The normalized spacial score (nSPS) is 19.1. The minimum atomic E-state index is -0.966. The predicted molar refractivity (Wildman–Crippen MR) is 105 cm³/mol. The Labute approximate surface area is 167 Å². The molecule has 1 unspecified atom stereocenters. The topological polar surface area (TPSA) is 120 Å². The number of esters is 1. The van der Waals surface area contributed by atoms with Gasteiger partial charge >= 0.3 is 5.97 Å². The van der Waals surface area contributed by atoms with Crippen molar-refractivity contribution in [2.45, 2.75) is 18.8 Å². The minimum absolute atomic E-state index is 0.110. The Kier molecular flexibility index (Phi) is 6.70. The van der Waals surface area contributed by atoms with E-state index in [1.165, 1.54) is 0 Å². The van der Waals surface area contributed by atoms with Crippen molar-refractivity contribution in [1.29, 1.82) is 0 Å². The van der Waals surface area contributed by atoms with E-state index in [2.05, 4.69) is 10.3 Å². The van der Waals surface area contributed by atoms with Gasteiger partial charge in [-0.2, -0.15) is 0 Å². The van der Waals surface area contributed by atoms with Crippen molar-refractivity contribution in [2.24, 2.45) is 16.6 Å². The summed E-state index contributed by atoms with van der Waals surface area (Å²) in [6, 6.07) is 17.3. The summed E-state index contributed by atoms with van der Waals surface area (Å²) in [5.74, 6) is -1.94. The van der Waals surface area contributed by atoms with Gasteiger partial charge in [-0.05, 0) is 17.7 Å². The third kappa shape index (κ3) is 5.49. The van der Waals surface area contributed by atoms with Gasteiger partial charge in [0.05, 0.1) is 6.04 Å². The standard InChI is InChI=1S/C21H21N3O5/c22-20(23-11-17(26)29-12-14-7-3-1-4-8-14)19-18(21(27)24-19)16(25)13-28-15-9-5-2-6-10-15/h1-11,18-20H,12-13,22H2,(H,24,27)/t18-,19-,20?/m1/s1. The van der Waals surface area contributed by atoms with Crippen molar-refractivity contribution >= 4 is 23.9 Å². The molecule has 1 aliphatic rings. The molecule has 0 saturated carbocycles. The molecule has 1 aliphatic heterocycles. The molecule has 0 radical (unpaired) electrons. The zero-order valence-corrected chi connectivity index (χ0v) is 15.6. The van der Waals surface area contributed by atoms with E-state index in [0.29, 0.717) is 5.75 Å². The maximum Gasteiger partial charge on any atom is 0.349 e. The summed E-state index contributed by atoms with van der Waals surface area (Å²) >= 11 is 0. The van der Waals surface area contributed by atoms with Crippen LogP contribution in [0, 0.1) is 5.92 Å². The maximum atomic E-state index is 12.3. The van der Waals surface area contributed by atoms with Crippen LogP contribution in [0.25, 0.3) is 0 Å². The third-order valence-electron chi connectivity index (χ3n) is 4.37. The number of nitrogens with two attached hydrogens (primary N) is 1. The highest BCUT2D eigenvalue weighted by atomic mass is 16.5. The summed E-state index contributed by atoms with van der Waals surface area (Å²) < 4.78 is 10.5. The fourth-order valence-corrected chi connectivity index (χ4v) is 2.80. The number of amides is 1. The Morgan fingerprint density at radius 1 is 1.10 bits per heavy atom. The molecule has 150 valence electrons. The summed E-state index contributed by atoms with van der Waals surface area (Å²) in [4.78, 5) is 39.8. The average molecular weight is 395 g/mol. The fourth-order valence-electron chi connectivity index (χ4n) is 2.80. The lowest BCUT2D eigenvalue weighted by molar-refractivity contribution is -0.145. The maximum absolute atomic E-state index is 12.3. The molecule has 8 nitrogen and oxygen atoms in total. The van der Waals surface area contributed by atoms with E-state index >= 15 is 0 Å². The van der Waals surface area contributed by atoms with Gasteiger partial charge in [-0.3, -0.25) is 14.6 Å². The van der Waals surface area contributed by atoms with E-state index < -0.39 is 35.8 Å². The molecule has 0 aliphatic carbocycles. The summed E-state index contributed by atoms with van der Waals surface area (Å²) in [5.41, 5.74) is 6.76. The Morgan fingerprint density at radius 2 is 1.76 bits per heavy atom. The molecule has 3 N–H and O–H groups in total. The Bertz CT molecular complexity index is 886. The minimum Gasteiger partial charge on any atom is -0.486 e. The number of ketones is 1. The molecule has 0 aromatic heterocycles. The number of hydrogen-bond acceptors (Lipinski definition) is 7. The summed E-state index contributed by atoms with van der Waals surface area (Å²) in [6.45, 7) is -0.146. The molecule has 1 amide bonds. The lowest BCUT2D eigenvalue weighted by atomic mass is 9.85. The molecule has 2 aromatic carbocycles. The van der Waals surface area contributed by atoms with Crippen molar-refractivity contribution in [3.05, 3.63) is 66.2 Å². The SMILES string of the molecule is NC(N=CC(=O)OCc1ccccc1)[C@@H]1NC(=O)[C@@H]1C(=O)COc1ccccc1. The Morgan fingerprint density at radius 3 is 2.41 bits per heavy atom. The van der Waals surface area contributed by atoms with Crippen LogP contribution in [-0.4, -0.2) is 42.7 Å². The highest BCUT2D eigenvalue weighted by Gasteiger charge is 2.47. The second kappa shape index (κ2) is 9.61. The van der Waals surface area contributed by atoms with E-state index in [-0.39, 0.29) is 13.2 Å². The molecular weight excluding hydrogens is 374 g/mol. The van der Waals surface area contributed by atoms with Crippen molar-refractivity contribution in [2.75, 3.05) is 6.61 Å². The number of β-lactam (4-membered cyclic amide) rings is 1. The van der Waals surface area contributed by atoms with E-state index in [1.54, 1.807) is 24.3 Å². The number of Topliss-reactive ketones (excluding diaryl/α,β-unsaturated/α-hetero) is 1. The second-order valence-corrected chi connectivity index (χ2v) is 6.44. The van der Waals surface area contributed by atoms with Crippen LogP contribution in [0.1, 0.15) is 5.56 Å². The predicted octanol–water partition coefficient (Wildman–Crippen LogP) is 0.848. The van der Waals surface area contributed by atoms with Gasteiger partial charge in [0.25, 0.3) is 0 Å². The highest BCUT2D eigenvalue weighted by molar-refractivity contribution is 6.23. The summed E-state index contributed by atoms with van der Waals surface area (Å²) in [5, 5.41) is 2.55. The number of carbonyl (C=O) groups excluding carboxylic acids is 3. The first-order valence-electron chi connectivity index (χ1n) is 9.05. The lowest BCUT2D eigenvalue weighted by Crippen LogP contribution is -2.67. The van der Waals surface area contributed by atoms with Crippen molar-refractivity contribution in [1.82, 2.24) is 5.32 Å². The van der Waals surface area contributed by atoms with Gasteiger partial charge in [0.1, 0.15) is 37.3 Å². The number of nitrogens with one attached hydrogen (secondary N) is 1. The third-order valence-corrected chi connectivity index (χ3v) is 4.37. The molecule has 3 rings (SSSR count). The van der Waals surface area contributed by atoms with Gasteiger partial charge < -0.3 is 20.5 Å². The zero-order valence-electron chi connectivity index (χ0n) is 15.6. The number of benzene rings is 2. The monoisotopic (exact) mass is 395 g/mol. The van der Waals surface area contributed by atoms with E-state index in [9.17, 15) is 14.4 Å². The average Bonchev–Trinajstić information content (AvgIpc) is 2.74. The van der Waals surface area contributed by atoms with E-state index in [4.69, 9.17) is 15.2 Å². The van der Waals surface area contributed by atoms with Crippen LogP contribution in [0.4, 0.5) is 0 Å². The number of hydrogen-bond donors (Lipinski definition) is 2. The largest absolute Gasteiger partial charge is 0.486 e. The zero-order chi connectivity index (χ0) is 20.6. The summed E-state index contributed by atoms with van der Waals surface area (Å²) in [7, 11) is 0. The molecule has 0 spiro atoms. The van der Waals surface area contributed by atoms with E-state index in [0.717, 1.165) is 11.8 Å². The van der Waals surface area contributed by atoms with Crippen LogP contribution in [0.5, 0.6) is 5.75 Å². The van der Waals surface area contributed by atoms with Crippen LogP contribution >= 0.6 is 0 Å². The molecule has 29 heavy (non-hydrogen) atoms. The van der Waals surface area contributed by atoms with Gasteiger partial charge in [0, 0.05) is 0 Å². The number of para-hydroxylation sites is 1. The van der Waals surface area contributed by atoms with Crippen LogP contribution in [-0.2, 0) is 25.7 Å². The van der Waals surface area contributed by atoms with E-state index in [1.807, 2.05) is 36.4 Å². The van der Waals surface area contributed by atoms with Crippen molar-refractivity contribution in [3.63, 3.8) is 0 Å². The molecule has 0 bridgehead atoms. The number of aliphatic imine (C=N–C) groups is 1. The van der Waals surface area contributed by atoms with Gasteiger partial charge in [-0.15, -0.1) is 0 Å².